The number of rotatable bonds is 4. The molecule has 3 nitrogen and oxygen atoms in total. The number of nitrogens with zero attached hydrogens (tertiary/aromatic N) is 2. The van der Waals surface area contributed by atoms with E-state index < -0.39 is 0 Å². The van der Waals surface area contributed by atoms with Crippen LogP contribution in [-0.4, -0.2) is 16.3 Å². The fourth-order valence-electron chi connectivity index (χ4n) is 1.49. The molecule has 2 aromatic rings. The predicted octanol–water partition coefficient (Wildman–Crippen LogP) is 4.20. The van der Waals surface area contributed by atoms with Gasteiger partial charge in [-0.05, 0) is 18.6 Å². The average Bonchev–Trinajstić information content (AvgIpc) is 2.37. The monoisotopic (exact) mass is 312 g/mol. The number of thioether (sulfide) groups is 1. The molecule has 2 rings (SSSR count). The van der Waals surface area contributed by atoms with Gasteiger partial charge in [0.05, 0.1) is 5.56 Å². The Labute approximate surface area is 125 Å². The first-order chi connectivity index (χ1) is 9.11. The van der Waals surface area contributed by atoms with Gasteiger partial charge >= 0.3 is 0 Å². The Balaban J connectivity index is 2.25. The van der Waals surface area contributed by atoms with Gasteiger partial charge in [-0.1, -0.05) is 41.4 Å². The summed E-state index contributed by atoms with van der Waals surface area (Å²) >= 11 is 13.4. The molecule has 0 spiro atoms. The highest BCUT2D eigenvalue weighted by Gasteiger charge is 2.12. The van der Waals surface area contributed by atoms with Crippen molar-refractivity contribution in [2.24, 2.45) is 0 Å². The first-order valence-electron chi connectivity index (χ1n) is 5.47. The summed E-state index contributed by atoms with van der Waals surface area (Å²) in [6, 6.07) is 7.56. The summed E-state index contributed by atoms with van der Waals surface area (Å²) in [6.45, 7) is 1.74. The standard InChI is InChI=1S/C13H10Cl2N2OS/c1-8-16-12(15)10(6-18)13(17-8)19-7-9-4-2-3-5-11(9)14/h2-6H,7H2,1H3. The van der Waals surface area contributed by atoms with Crippen molar-refractivity contribution < 1.29 is 4.79 Å². The van der Waals surface area contributed by atoms with Gasteiger partial charge < -0.3 is 0 Å². The lowest BCUT2D eigenvalue weighted by Gasteiger charge is -2.07. The zero-order valence-electron chi connectivity index (χ0n) is 10.1. The van der Waals surface area contributed by atoms with Gasteiger partial charge in [0, 0.05) is 10.8 Å². The minimum atomic E-state index is 0.184. The van der Waals surface area contributed by atoms with E-state index in [0.29, 0.717) is 33.5 Å². The molecular formula is C13H10Cl2N2OS. The molecule has 6 heteroatoms. The van der Waals surface area contributed by atoms with E-state index >= 15 is 0 Å². The lowest BCUT2D eigenvalue weighted by atomic mass is 10.2. The molecule has 0 amide bonds. The van der Waals surface area contributed by atoms with Crippen molar-refractivity contribution in [3.63, 3.8) is 0 Å². The molecule has 0 N–H and O–H groups in total. The highest BCUT2D eigenvalue weighted by atomic mass is 35.5. The van der Waals surface area contributed by atoms with E-state index in [4.69, 9.17) is 23.2 Å². The van der Waals surface area contributed by atoms with Gasteiger partial charge in [0.25, 0.3) is 0 Å². The van der Waals surface area contributed by atoms with Crippen LogP contribution in [0.2, 0.25) is 10.2 Å². The zero-order chi connectivity index (χ0) is 13.8. The normalized spacial score (nSPS) is 10.5. The van der Waals surface area contributed by atoms with Crippen molar-refractivity contribution in [2.45, 2.75) is 17.7 Å². The van der Waals surface area contributed by atoms with Gasteiger partial charge in [-0.15, -0.1) is 11.8 Å². The van der Waals surface area contributed by atoms with Crippen molar-refractivity contribution in [3.8, 4) is 0 Å². The lowest BCUT2D eigenvalue weighted by Crippen LogP contribution is -1.98. The predicted molar refractivity (Wildman–Crippen MR) is 78.2 cm³/mol. The van der Waals surface area contributed by atoms with E-state index in [-0.39, 0.29) is 5.15 Å². The van der Waals surface area contributed by atoms with Crippen molar-refractivity contribution in [1.29, 1.82) is 0 Å². The zero-order valence-corrected chi connectivity index (χ0v) is 12.4. The summed E-state index contributed by atoms with van der Waals surface area (Å²) in [7, 11) is 0. The third-order valence-electron chi connectivity index (χ3n) is 2.42. The molecule has 0 saturated heterocycles. The largest absolute Gasteiger partial charge is 0.298 e. The highest BCUT2D eigenvalue weighted by Crippen LogP contribution is 2.29. The lowest BCUT2D eigenvalue weighted by molar-refractivity contribution is 0.112. The van der Waals surface area contributed by atoms with Gasteiger partial charge in [-0.3, -0.25) is 4.79 Å². The second kappa shape index (κ2) is 6.37. The van der Waals surface area contributed by atoms with Crippen molar-refractivity contribution in [3.05, 3.63) is 51.4 Å². The number of aryl methyl sites for hydroxylation is 1. The number of hydrogen-bond donors (Lipinski definition) is 0. The second-order valence-electron chi connectivity index (χ2n) is 3.78. The van der Waals surface area contributed by atoms with Crippen LogP contribution in [0.3, 0.4) is 0 Å². The molecule has 0 radical (unpaired) electrons. The highest BCUT2D eigenvalue weighted by molar-refractivity contribution is 7.98. The third-order valence-corrected chi connectivity index (χ3v) is 4.11. The Morgan fingerprint density at radius 1 is 1.26 bits per heavy atom. The van der Waals surface area contributed by atoms with Crippen molar-refractivity contribution >= 4 is 41.2 Å². The molecule has 0 aliphatic rings. The number of aldehydes is 1. The Morgan fingerprint density at radius 3 is 2.68 bits per heavy atom. The molecule has 0 aliphatic carbocycles. The maximum atomic E-state index is 11.0. The summed E-state index contributed by atoms with van der Waals surface area (Å²) in [6.07, 6.45) is 0.677. The third kappa shape index (κ3) is 3.47. The number of aromatic nitrogens is 2. The maximum absolute atomic E-state index is 11.0. The van der Waals surface area contributed by atoms with Crippen LogP contribution in [0.1, 0.15) is 21.7 Å². The minimum Gasteiger partial charge on any atom is -0.298 e. The Bertz CT molecular complexity index is 620. The van der Waals surface area contributed by atoms with Crippen molar-refractivity contribution in [2.75, 3.05) is 0 Å². The molecule has 98 valence electrons. The maximum Gasteiger partial charge on any atom is 0.155 e. The van der Waals surface area contributed by atoms with E-state index in [0.717, 1.165) is 5.56 Å². The Kier molecular flexibility index (Phi) is 4.80. The van der Waals surface area contributed by atoms with Crippen LogP contribution in [0.4, 0.5) is 0 Å². The quantitative estimate of drug-likeness (QED) is 0.482. The molecule has 1 aromatic carbocycles. The number of carbonyl (C=O) groups is 1. The SMILES string of the molecule is Cc1nc(Cl)c(C=O)c(SCc2ccccc2Cl)n1. The van der Waals surface area contributed by atoms with Crippen LogP contribution in [0.5, 0.6) is 0 Å². The number of hydrogen-bond acceptors (Lipinski definition) is 4. The van der Waals surface area contributed by atoms with Crippen LogP contribution in [0.15, 0.2) is 29.3 Å². The number of carbonyl (C=O) groups excluding carboxylic acids is 1. The molecule has 0 unspecified atom stereocenters. The van der Waals surface area contributed by atoms with Gasteiger partial charge in [-0.25, -0.2) is 9.97 Å². The summed E-state index contributed by atoms with van der Waals surface area (Å²) in [5, 5.41) is 1.45. The summed E-state index contributed by atoms with van der Waals surface area (Å²) in [5.74, 6) is 1.16. The molecule has 0 atom stereocenters. The number of halogens is 2. The molecule has 0 bridgehead atoms. The Hall–Kier alpha value is -1.10. The molecule has 0 aliphatic heterocycles. The molecule has 1 aromatic heterocycles. The average molecular weight is 313 g/mol. The number of benzene rings is 1. The van der Waals surface area contributed by atoms with Gasteiger partial charge in [0.2, 0.25) is 0 Å². The first kappa shape index (κ1) is 14.3. The van der Waals surface area contributed by atoms with Crippen molar-refractivity contribution in [1.82, 2.24) is 9.97 Å². The smallest absolute Gasteiger partial charge is 0.155 e. The molecular weight excluding hydrogens is 303 g/mol. The van der Waals surface area contributed by atoms with Crippen LogP contribution in [0.25, 0.3) is 0 Å². The van der Waals surface area contributed by atoms with Gasteiger partial charge in [0.15, 0.2) is 6.29 Å². The van der Waals surface area contributed by atoms with Crippen LogP contribution >= 0.6 is 35.0 Å². The van der Waals surface area contributed by atoms with Crippen LogP contribution < -0.4 is 0 Å². The fourth-order valence-corrected chi connectivity index (χ4v) is 3.13. The van der Waals surface area contributed by atoms with E-state index in [9.17, 15) is 4.79 Å². The van der Waals surface area contributed by atoms with E-state index in [1.807, 2.05) is 24.3 Å². The fraction of sp³-hybridized carbons (Fsp3) is 0.154. The summed E-state index contributed by atoms with van der Waals surface area (Å²) < 4.78 is 0. The molecule has 0 fully saturated rings. The van der Waals surface area contributed by atoms with Crippen LogP contribution in [0, 0.1) is 6.92 Å². The molecule has 0 saturated carbocycles. The van der Waals surface area contributed by atoms with Gasteiger partial charge in [0.1, 0.15) is 16.0 Å². The minimum absolute atomic E-state index is 0.184. The summed E-state index contributed by atoms with van der Waals surface area (Å²) in [4.78, 5) is 19.2. The van der Waals surface area contributed by atoms with E-state index in [1.54, 1.807) is 6.92 Å². The van der Waals surface area contributed by atoms with E-state index in [2.05, 4.69) is 9.97 Å². The molecule has 19 heavy (non-hydrogen) atoms. The van der Waals surface area contributed by atoms with E-state index in [1.165, 1.54) is 11.8 Å². The Morgan fingerprint density at radius 2 is 2.00 bits per heavy atom. The topological polar surface area (TPSA) is 42.9 Å². The first-order valence-corrected chi connectivity index (χ1v) is 7.21. The molecule has 1 heterocycles. The van der Waals surface area contributed by atoms with Gasteiger partial charge in [-0.2, -0.15) is 0 Å². The summed E-state index contributed by atoms with van der Waals surface area (Å²) in [5.41, 5.74) is 1.31. The second-order valence-corrected chi connectivity index (χ2v) is 5.51. The van der Waals surface area contributed by atoms with Crippen LogP contribution in [-0.2, 0) is 5.75 Å².